The van der Waals surface area contributed by atoms with Crippen molar-refractivity contribution >= 4 is 28.5 Å². The quantitative estimate of drug-likeness (QED) is 0.815. The number of rotatable bonds is 3. The van der Waals surface area contributed by atoms with Gasteiger partial charge in [0, 0.05) is 25.9 Å². The van der Waals surface area contributed by atoms with Crippen molar-refractivity contribution in [2.45, 2.75) is 25.8 Å². The molecule has 2 aromatic rings. The van der Waals surface area contributed by atoms with E-state index in [-0.39, 0.29) is 11.9 Å². The van der Waals surface area contributed by atoms with Crippen LogP contribution in [0.15, 0.2) is 18.2 Å². The number of alkyl halides is 1. The molecule has 1 atom stereocenters. The predicted octanol–water partition coefficient (Wildman–Crippen LogP) is 2.53. The van der Waals surface area contributed by atoms with Gasteiger partial charge >= 0.3 is 0 Å². The van der Waals surface area contributed by atoms with Crippen LogP contribution in [0.25, 0.3) is 11.0 Å². The minimum atomic E-state index is -0.135. The lowest BCUT2D eigenvalue weighted by molar-refractivity contribution is -0.129. The number of amides is 1. The van der Waals surface area contributed by atoms with Gasteiger partial charge in [-0.15, -0.1) is 11.6 Å². The van der Waals surface area contributed by atoms with Crippen molar-refractivity contribution in [3.8, 4) is 0 Å². The van der Waals surface area contributed by atoms with Gasteiger partial charge in [-0.1, -0.05) is 12.1 Å². The Balaban J connectivity index is 2.21. The van der Waals surface area contributed by atoms with Gasteiger partial charge in [-0.3, -0.25) is 4.79 Å². The third kappa shape index (κ3) is 1.99. The second-order valence-electron chi connectivity index (χ2n) is 5.34. The maximum absolute atomic E-state index is 12.4. The maximum atomic E-state index is 12.4. The number of nitrogens with zero attached hydrogens (tertiary/aromatic N) is 3. The summed E-state index contributed by atoms with van der Waals surface area (Å²) in [6, 6.07) is 5.93. The van der Waals surface area contributed by atoms with Gasteiger partial charge in [0.15, 0.2) is 0 Å². The summed E-state index contributed by atoms with van der Waals surface area (Å²) < 4.78 is 2.11. The number of aryl methyl sites for hydroxylation is 2. The van der Waals surface area contributed by atoms with E-state index in [9.17, 15) is 4.79 Å². The highest BCUT2D eigenvalue weighted by molar-refractivity contribution is 6.18. The summed E-state index contributed by atoms with van der Waals surface area (Å²) in [7, 11) is 1.86. The minimum absolute atomic E-state index is 0.135. The van der Waals surface area contributed by atoms with E-state index < -0.39 is 0 Å². The Bertz CT molecular complexity index is 664. The van der Waals surface area contributed by atoms with Crippen molar-refractivity contribution in [3.05, 3.63) is 29.6 Å². The van der Waals surface area contributed by atoms with Crippen LogP contribution in [0, 0.1) is 6.92 Å². The Kier molecular flexibility index (Phi) is 3.42. The van der Waals surface area contributed by atoms with E-state index in [4.69, 9.17) is 11.6 Å². The van der Waals surface area contributed by atoms with Crippen LogP contribution in [0.1, 0.15) is 23.9 Å². The van der Waals surface area contributed by atoms with Crippen LogP contribution in [-0.2, 0) is 11.2 Å². The highest BCUT2D eigenvalue weighted by Crippen LogP contribution is 2.30. The molecule has 1 amide bonds. The zero-order valence-corrected chi connectivity index (χ0v) is 12.5. The van der Waals surface area contributed by atoms with Gasteiger partial charge in [0.25, 0.3) is 0 Å². The average Bonchev–Trinajstić information content (AvgIpc) is 2.93. The second-order valence-corrected chi connectivity index (χ2v) is 5.72. The third-order valence-electron chi connectivity index (χ3n) is 4.01. The largest absolute Gasteiger partial charge is 0.344 e. The van der Waals surface area contributed by atoms with E-state index in [1.165, 1.54) is 0 Å². The van der Waals surface area contributed by atoms with Crippen molar-refractivity contribution in [3.63, 3.8) is 0 Å². The van der Waals surface area contributed by atoms with Crippen LogP contribution in [0.5, 0.6) is 0 Å². The van der Waals surface area contributed by atoms with E-state index in [0.29, 0.717) is 12.3 Å². The highest BCUT2D eigenvalue weighted by atomic mass is 35.5. The number of benzene rings is 1. The van der Waals surface area contributed by atoms with E-state index in [1.807, 2.05) is 19.2 Å². The number of aromatic nitrogens is 2. The molecule has 2 heterocycles. The fourth-order valence-corrected chi connectivity index (χ4v) is 3.18. The van der Waals surface area contributed by atoms with Crippen molar-refractivity contribution in [2.75, 3.05) is 19.5 Å². The van der Waals surface area contributed by atoms with E-state index in [0.717, 1.165) is 35.4 Å². The summed E-state index contributed by atoms with van der Waals surface area (Å²) in [5.74, 6) is 1.60. The van der Waals surface area contributed by atoms with Gasteiger partial charge in [-0.25, -0.2) is 4.98 Å². The molecule has 1 unspecified atom stereocenters. The average molecular weight is 292 g/mol. The normalized spacial score (nSPS) is 19.2. The molecule has 1 aliphatic rings. The summed E-state index contributed by atoms with van der Waals surface area (Å²) >= 11 is 5.90. The number of imidazole rings is 1. The van der Waals surface area contributed by atoms with Gasteiger partial charge in [0.05, 0.1) is 11.0 Å². The Morgan fingerprint density at radius 2 is 2.25 bits per heavy atom. The van der Waals surface area contributed by atoms with Gasteiger partial charge in [0.1, 0.15) is 11.9 Å². The third-order valence-corrected chi connectivity index (χ3v) is 4.20. The van der Waals surface area contributed by atoms with Crippen molar-refractivity contribution in [2.24, 2.45) is 0 Å². The van der Waals surface area contributed by atoms with E-state index in [1.54, 1.807) is 4.90 Å². The first-order valence-corrected chi connectivity index (χ1v) is 7.44. The van der Waals surface area contributed by atoms with Crippen LogP contribution < -0.4 is 0 Å². The van der Waals surface area contributed by atoms with Gasteiger partial charge < -0.3 is 9.47 Å². The Hall–Kier alpha value is -1.55. The molecule has 1 saturated heterocycles. The van der Waals surface area contributed by atoms with E-state index >= 15 is 0 Å². The lowest BCUT2D eigenvalue weighted by Crippen LogP contribution is -2.25. The van der Waals surface area contributed by atoms with Crippen LogP contribution in [0.3, 0.4) is 0 Å². The molecular formula is C15H18ClN3O. The van der Waals surface area contributed by atoms with Crippen LogP contribution in [0.4, 0.5) is 0 Å². The maximum Gasteiger partial charge on any atom is 0.245 e. The number of carbonyl (C=O) groups excluding carboxylic acids is 1. The molecule has 1 aromatic carbocycles. The molecule has 4 nitrogen and oxygen atoms in total. The Morgan fingerprint density at radius 1 is 1.45 bits per heavy atom. The first-order chi connectivity index (χ1) is 9.63. The fraction of sp³-hybridized carbons (Fsp3) is 0.467. The molecule has 1 fully saturated rings. The summed E-state index contributed by atoms with van der Waals surface area (Å²) in [5, 5.41) is 0. The topological polar surface area (TPSA) is 38.1 Å². The number of hydrogen-bond donors (Lipinski definition) is 0. The molecule has 1 aromatic heterocycles. The minimum Gasteiger partial charge on any atom is -0.344 e. The summed E-state index contributed by atoms with van der Waals surface area (Å²) in [6.07, 6.45) is 1.52. The lowest BCUT2D eigenvalue weighted by Gasteiger charge is -2.16. The van der Waals surface area contributed by atoms with Gasteiger partial charge in [-0.05, 0) is 25.0 Å². The molecule has 0 radical (unpaired) electrons. The van der Waals surface area contributed by atoms with Crippen molar-refractivity contribution < 1.29 is 4.79 Å². The molecule has 0 aliphatic carbocycles. The molecule has 5 heteroatoms. The molecule has 20 heavy (non-hydrogen) atoms. The number of para-hydroxylation sites is 1. The zero-order chi connectivity index (χ0) is 14.3. The number of carbonyl (C=O) groups is 1. The Labute approximate surface area is 123 Å². The predicted molar refractivity (Wildman–Crippen MR) is 80.2 cm³/mol. The molecule has 0 saturated carbocycles. The summed E-state index contributed by atoms with van der Waals surface area (Å²) in [5.41, 5.74) is 3.17. The second kappa shape index (κ2) is 5.09. The van der Waals surface area contributed by atoms with E-state index in [2.05, 4.69) is 22.5 Å². The Morgan fingerprint density at radius 3 is 2.90 bits per heavy atom. The molecular weight excluding hydrogens is 274 g/mol. The van der Waals surface area contributed by atoms with Crippen molar-refractivity contribution in [1.82, 2.24) is 14.5 Å². The first-order valence-electron chi connectivity index (χ1n) is 6.91. The zero-order valence-electron chi connectivity index (χ0n) is 11.8. The van der Waals surface area contributed by atoms with Gasteiger partial charge in [-0.2, -0.15) is 0 Å². The SMILES string of the molecule is Cc1cccc2nc(CCCl)n(C3CCN(C)C3=O)c12. The molecule has 1 aliphatic heterocycles. The van der Waals surface area contributed by atoms with Crippen molar-refractivity contribution in [1.29, 1.82) is 0 Å². The molecule has 106 valence electrons. The molecule has 0 N–H and O–H groups in total. The lowest BCUT2D eigenvalue weighted by atomic mass is 10.1. The summed E-state index contributed by atoms with van der Waals surface area (Å²) in [4.78, 5) is 18.8. The van der Waals surface area contributed by atoms with Gasteiger partial charge in [0.2, 0.25) is 5.91 Å². The number of hydrogen-bond acceptors (Lipinski definition) is 2. The molecule has 0 spiro atoms. The van der Waals surface area contributed by atoms with Crippen LogP contribution in [0.2, 0.25) is 0 Å². The smallest absolute Gasteiger partial charge is 0.245 e. The fourth-order valence-electron chi connectivity index (χ4n) is 3.01. The van der Waals surface area contributed by atoms with Crippen LogP contribution >= 0.6 is 11.6 Å². The monoisotopic (exact) mass is 291 g/mol. The first kappa shape index (κ1) is 13.4. The molecule has 0 bridgehead atoms. The highest BCUT2D eigenvalue weighted by Gasteiger charge is 2.33. The number of likely N-dealkylation sites (tertiary alicyclic amines) is 1. The van der Waals surface area contributed by atoms with Crippen LogP contribution in [-0.4, -0.2) is 39.8 Å². The summed E-state index contributed by atoms with van der Waals surface area (Å²) in [6.45, 7) is 2.86. The number of halogens is 1. The standard InChI is InChI=1S/C15H18ClN3O/c1-10-4-3-5-11-14(10)19(13(17-11)6-8-16)12-7-9-18(2)15(12)20/h3-5,12H,6-9H2,1-2H3. The number of fused-ring (bicyclic) bond motifs is 1. The molecule has 3 rings (SSSR count). The number of likely N-dealkylation sites (N-methyl/N-ethyl adjacent to an activating group) is 1.